The molecule has 3 unspecified atom stereocenters. The number of aromatic hydroxyl groups is 1. The van der Waals surface area contributed by atoms with E-state index >= 15 is 0 Å². The van der Waals surface area contributed by atoms with E-state index in [-0.39, 0.29) is 28.7 Å². The zero-order valence-corrected chi connectivity index (χ0v) is 15.5. The molecule has 6 heteroatoms. The molecule has 0 fully saturated rings. The summed E-state index contributed by atoms with van der Waals surface area (Å²) in [4.78, 5) is 24.4. The first-order chi connectivity index (χ1) is 11.7. The van der Waals surface area contributed by atoms with E-state index in [9.17, 15) is 19.8 Å². The number of anilines is 1. The lowest BCUT2D eigenvalue weighted by molar-refractivity contribution is -0.130. The average molecular weight is 350 g/mol. The van der Waals surface area contributed by atoms with Gasteiger partial charge < -0.3 is 21.3 Å². The summed E-state index contributed by atoms with van der Waals surface area (Å²) in [5, 5.41) is 23.9. The molecular formula is C19H30N2O4. The SMILES string of the molecule is CCNCC(CC(C)C)C(=O)C(C)C(O)c1cc(N)cc(=O)cc1O. The number of hydrogen-bond donors (Lipinski definition) is 4. The lowest BCUT2D eigenvalue weighted by atomic mass is 9.83. The highest BCUT2D eigenvalue weighted by molar-refractivity contribution is 5.84. The summed E-state index contributed by atoms with van der Waals surface area (Å²) in [6, 6.07) is 3.50. The van der Waals surface area contributed by atoms with Crippen LogP contribution in [0.4, 0.5) is 5.69 Å². The Labute approximate surface area is 149 Å². The lowest BCUT2D eigenvalue weighted by Crippen LogP contribution is -2.34. The van der Waals surface area contributed by atoms with Crippen LogP contribution in [0.2, 0.25) is 0 Å². The Morgan fingerprint density at radius 3 is 2.44 bits per heavy atom. The molecule has 0 amide bonds. The maximum absolute atomic E-state index is 12.9. The molecular weight excluding hydrogens is 320 g/mol. The van der Waals surface area contributed by atoms with E-state index in [0.717, 1.165) is 18.7 Å². The van der Waals surface area contributed by atoms with E-state index in [0.29, 0.717) is 18.9 Å². The van der Waals surface area contributed by atoms with Gasteiger partial charge in [-0.3, -0.25) is 9.59 Å². The minimum absolute atomic E-state index is 0.0750. The molecule has 0 aromatic heterocycles. The van der Waals surface area contributed by atoms with Crippen molar-refractivity contribution in [3.8, 4) is 5.75 Å². The smallest absolute Gasteiger partial charge is 0.184 e. The van der Waals surface area contributed by atoms with Crippen LogP contribution in [0.3, 0.4) is 0 Å². The van der Waals surface area contributed by atoms with Crippen LogP contribution in [0, 0.1) is 17.8 Å². The quantitative estimate of drug-likeness (QED) is 0.541. The van der Waals surface area contributed by atoms with E-state index in [1.165, 1.54) is 6.07 Å². The summed E-state index contributed by atoms with van der Waals surface area (Å²) < 4.78 is 0. The van der Waals surface area contributed by atoms with Gasteiger partial charge in [0.1, 0.15) is 11.5 Å². The number of nitrogens with two attached hydrogens (primary N) is 1. The van der Waals surface area contributed by atoms with Crippen LogP contribution in [0.5, 0.6) is 5.75 Å². The number of ketones is 1. The number of nitrogens with one attached hydrogen (secondary N) is 1. The number of nitrogen functional groups attached to an aromatic ring is 1. The molecule has 0 saturated carbocycles. The number of carbonyl (C=O) groups is 1. The van der Waals surface area contributed by atoms with Crippen molar-refractivity contribution in [3.05, 3.63) is 34.0 Å². The molecule has 0 bridgehead atoms. The van der Waals surface area contributed by atoms with Gasteiger partial charge in [-0.25, -0.2) is 0 Å². The van der Waals surface area contributed by atoms with Crippen molar-refractivity contribution < 1.29 is 15.0 Å². The third kappa shape index (κ3) is 6.14. The molecule has 0 aliphatic carbocycles. The summed E-state index contributed by atoms with van der Waals surface area (Å²) in [5.74, 6) is -1.05. The average Bonchev–Trinajstić information content (AvgIpc) is 2.65. The van der Waals surface area contributed by atoms with Crippen LogP contribution >= 0.6 is 0 Å². The van der Waals surface area contributed by atoms with Crippen molar-refractivity contribution in [2.24, 2.45) is 17.8 Å². The van der Waals surface area contributed by atoms with Gasteiger partial charge in [-0.2, -0.15) is 0 Å². The maximum atomic E-state index is 12.9. The van der Waals surface area contributed by atoms with E-state index in [4.69, 9.17) is 5.73 Å². The van der Waals surface area contributed by atoms with E-state index in [1.54, 1.807) is 6.92 Å². The Morgan fingerprint density at radius 1 is 1.24 bits per heavy atom. The minimum atomic E-state index is -1.24. The fraction of sp³-hybridized carbons (Fsp3) is 0.579. The summed E-state index contributed by atoms with van der Waals surface area (Å²) in [5.41, 5.74) is 5.46. The van der Waals surface area contributed by atoms with Gasteiger partial charge in [-0.15, -0.1) is 0 Å². The standard InChI is InChI=1S/C19H30N2O4/c1-5-21-10-13(6-11(2)3)18(24)12(4)19(25)16-8-14(20)7-15(22)9-17(16)23/h7-9,11-13,19,21,23,25H,5-6,10,20H2,1-4H3. The summed E-state index contributed by atoms with van der Waals surface area (Å²) in [6.07, 6.45) is -0.525. The first-order valence-corrected chi connectivity index (χ1v) is 8.73. The zero-order chi connectivity index (χ0) is 19.1. The van der Waals surface area contributed by atoms with Crippen molar-refractivity contribution >= 4 is 11.5 Å². The van der Waals surface area contributed by atoms with Crippen LogP contribution in [-0.2, 0) is 4.79 Å². The van der Waals surface area contributed by atoms with Gasteiger partial charge in [-0.1, -0.05) is 27.7 Å². The third-order valence-electron chi connectivity index (χ3n) is 4.25. The molecule has 140 valence electrons. The number of carbonyl (C=O) groups excluding carboxylic acids is 1. The molecule has 25 heavy (non-hydrogen) atoms. The highest BCUT2D eigenvalue weighted by Crippen LogP contribution is 2.31. The van der Waals surface area contributed by atoms with E-state index < -0.39 is 17.5 Å². The summed E-state index contributed by atoms with van der Waals surface area (Å²) in [7, 11) is 0. The molecule has 0 spiro atoms. The monoisotopic (exact) mass is 350 g/mol. The number of hydrogen-bond acceptors (Lipinski definition) is 6. The molecule has 0 heterocycles. The molecule has 1 aromatic carbocycles. The van der Waals surface area contributed by atoms with Gasteiger partial charge in [0.05, 0.1) is 6.10 Å². The fourth-order valence-electron chi connectivity index (χ4n) is 2.94. The summed E-state index contributed by atoms with van der Waals surface area (Å²) in [6.45, 7) is 9.01. The number of rotatable bonds is 9. The first-order valence-electron chi connectivity index (χ1n) is 8.73. The predicted octanol–water partition coefficient (Wildman–Crippen LogP) is 1.84. The molecule has 5 N–H and O–H groups in total. The van der Waals surface area contributed by atoms with Gasteiger partial charge in [0.25, 0.3) is 0 Å². The van der Waals surface area contributed by atoms with Crippen molar-refractivity contribution in [3.63, 3.8) is 0 Å². The minimum Gasteiger partial charge on any atom is -0.507 e. The topological polar surface area (TPSA) is 113 Å². The molecule has 1 rings (SSSR count). The second kappa shape index (κ2) is 9.53. The van der Waals surface area contributed by atoms with E-state index in [2.05, 4.69) is 5.32 Å². The Kier molecular flexibility index (Phi) is 8.06. The van der Waals surface area contributed by atoms with Gasteiger partial charge in [0.2, 0.25) is 0 Å². The Hall–Kier alpha value is -1.92. The van der Waals surface area contributed by atoms with Crippen LogP contribution in [0.25, 0.3) is 0 Å². The maximum Gasteiger partial charge on any atom is 0.184 e. The van der Waals surface area contributed by atoms with E-state index in [1.807, 2.05) is 20.8 Å². The molecule has 6 nitrogen and oxygen atoms in total. The largest absolute Gasteiger partial charge is 0.507 e. The van der Waals surface area contributed by atoms with Crippen molar-refractivity contribution in [2.75, 3.05) is 18.8 Å². The Morgan fingerprint density at radius 2 is 1.88 bits per heavy atom. The van der Waals surface area contributed by atoms with Gasteiger partial charge >= 0.3 is 0 Å². The number of Topliss-reactive ketones (excluding diaryl/α,β-unsaturated/α-hetero) is 1. The molecule has 0 saturated heterocycles. The van der Waals surface area contributed by atoms with Crippen LogP contribution in [0.15, 0.2) is 23.0 Å². The van der Waals surface area contributed by atoms with Crippen LogP contribution in [-0.4, -0.2) is 29.1 Å². The first kappa shape index (κ1) is 21.1. The predicted molar refractivity (Wildman–Crippen MR) is 99.4 cm³/mol. The zero-order valence-electron chi connectivity index (χ0n) is 15.5. The second-order valence-corrected chi connectivity index (χ2v) is 6.95. The van der Waals surface area contributed by atoms with Crippen LogP contribution < -0.4 is 16.5 Å². The molecule has 0 aliphatic rings. The lowest BCUT2D eigenvalue weighted by Gasteiger charge is -2.25. The fourth-order valence-corrected chi connectivity index (χ4v) is 2.94. The van der Waals surface area contributed by atoms with Gasteiger partial charge in [0, 0.05) is 41.8 Å². The van der Waals surface area contributed by atoms with Crippen LogP contribution in [0.1, 0.15) is 45.8 Å². The normalized spacial score (nSPS) is 15.0. The molecule has 0 radical (unpaired) electrons. The molecule has 1 aromatic rings. The Balaban J connectivity index is 3.09. The highest BCUT2D eigenvalue weighted by Gasteiger charge is 2.31. The second-order valence-electron chi connectivity index (χ2n) is 6.95. The van der Waals surface area contributed by atoms with Crippen molar-refractivity contribution in [2.45, 2.75) is 40.2 Å². The number of aliphatic hydroxyl groups excluding tert-OH is 1. The molecule has 3 atom stereocenters. The van der Waals surface area contributed by atoms with Crippen molar-refractivity contribution in [1.82, 2.24) is 5.32 Å². The number of aliphatic hydroxyl groups is 1. The van der Waals surface area contributed by atoms with Gasteiger partial charge in [0.15, 0.2) is 5.43 Å². The third-order valence-corrected chi connectivity index (χ3v) is 4.25. The molecule has 0 aliphatic heterocycles. The van der Waals surface area contributed by atoms with Gasteiger partial charge in [-0.05, 0) is 24.9 Å². The van der Waals surface area contributed by atoms with Crippen molar-refractivity contribution in [1.29, 1.82) is 0 Å². The Bertz CT molecular complexity index is 646. The highest BCUT2D eigenvalue weighted by atomic mass is 16.3. The summed E-state index contributed by atoms with van der Waals surface area (Å²) >= 11 is 0.